The minimum absolute atomic E-state index is 0.115. The van der Waals surface area contributed by atoms with Gasteiger partial charge in [0, 0.05) is 29.1 Å². The SMILES string of the molecule is CC(=O)Nc1ccc(-c2csc3nc(NC(=O)c4ccc(C)cc4)nn23)cc1. The summed E-state index contributed by atoms with van der Waals surface area (Å²) in [5.74, 6) is -0.107. The molecule has 0 fully saturated rings. The van der Waals surface area contributed by atoms with Crippen molar-refractivity contribution < 1.29 is 9.59 Å². The number of aryl methyl sites for hydroxylation is 1. The number of thiazole rings is 1. The van der Waals surface area contributed by atoms with E-state index in [0.717, 1.165) is 22.5 Å². The van der Waals surface area contributed by atoms with Crippen LogP contribution in [0.5, 0.6) is 0 Å². The number of hydrogen-bond acceptors (Lipinski definition) is 5. The number of rotatable bonds is 4. The van der Waals surface area contributed by atoms with Crippen LogP contribution in [0.4, 0.5) is 11.6 Å². The molecule has 4 aromatic rings. The van der Waals surface area contributed by atoms with Gasteiger partial charge in [0.1, 0.15) is 0 Å². The van der Waals surface area contributed by atoms with Crippen LogP contribution in [0.1, 0.15) is 22.8 Å². The van der Waals surface area contributed by atoms with Crippen molar-refractivity contribution in [3.63, 3.8) is 0 Å². The lowest BCUT2D eigenvalue weighted by Crippen LogP contribution is -2.13. The summed E-state index contributed by atoms with van der Waals surface area (Å²) in [5, 5.41) is 11.9. The molecule has 0 aliphatic carbocycles. The Morgan fingerprint density at radius 1 is 1.00 bits per heavy atom. The Morgan fingerprint density at radius 2 is 1.71 bits per heavy atom. The fourth-order valence-electron chi connectivity index (χ4n) is 2.74. The number of nitrogens with one attached hydrogen (secondary N) is 2. The zero-order valence-electron chi connectivity index (χ0n) is 15.3. The molecule has 2 N–H and O–H groups in total. The predicted molar refractivity (Wildman–Crippen MR) is 110 cm³/mol. The Balaban J connectivity index is 1.57. The first-order valence-electron chi connectivity index (χ1n) is 8.60. The first kappa shape index (κ1) is 17.9. The van der Waals surface area contributed by atoms with E-state index >= 15 is 0 Å². The van der Waals surface area contributed by atoms with Crippen molar-refractivity contribution in [2.75, 3.05) is 10.6 Å². The third kappa shape index (κ3) is 3.63. The summed E-state index contributed by atoms with van der Waals surface area (Å²) in [7, 11) is 0. The van der Waals surface area contributed by atoms with Gasteiger partial charge in [-0.15, -0.1) is 16.4 Å². The van der Waals surface area contributed by atoms with Crippen LogP contribution in [0.2, 0.25) is 0 Å². The molecule has 140 valence electrons. The summed E-state index contributed by atoms with van der Waals surface area (Å²) < 4.78 is 1.70. The molecule has 0 spiro atoms. The average molecular weight is 391 g/mol. The normalized spacial score (nSPS) is 10.8. The number of carbonyl (C=O) groups is 2. The molecule has 0 aliphatic heterocycles. The van der Waals surface area contributed by atoms with E-state index in [9.17, 15) is 9.59 Å². The van der Waals surface area contributed by atoms with Crippen LogP contribution < -0.4 is 10.6 Å². The number of amides is 2. The lowest BCUT2D eigenvalue weighted by molar-refractivity contribution is -0.114. The van der Waals surface area contributed by atoms with Crippen molar-refractivity contribution in [2.45, 2.75) is 13.8 Å². The molecule has 4 rings (SSSR count). The lowest BCUT2D eigenvalue weighted by atomic mass is 10.1. The van der Waals surface area contributed by atoms with E-state index in [2.05, 4.69) is 20.7 Å². The molecular formula is C20H17N5O2S. The largest absolute Gasteiger partial charge is 0.326 e. The zero-order valence-corrected chi connectivity index (χ0v) is 16.1. The average Bonchev–Trinajstić information content (AvgIpc) is 3.22. The Kier molecular flexibility index (Phi) is 4.62. The summed E-state index contributed by atoms with van der Waals surface area (Å²) in [6.07, 6.45) is 0. The molecule has 0 aliphatic rings. The summed E-state index contributed by atoms with van der Waals surface area (Å²) in [6.45, 7) is 3.44. The quantitative estimate of drug-likeness (QED) is 0.551. The van der Waals surface area contributed by atoms with Crippen LogP contribution in [-0.2, 0) is 4.79 Å². The Morgan fingerprint density at radius 3 is 2.39 bits per heavy atom. The number of hydrogen-bond donors (Lipinski definition) is 2. The van der Waals surface area contributed by atoms with Crippen molar-refractivity contribution >= 4 is 39.7 Å². The number of aromatic nitrogens is 3. The summed E-state index contributed by atoms with van der Waals surface area (Å²) in [6, 6.07) is 14.8. The number of carbonyl (C=O) groups excluding carboxylic acids is 2. The van der Waals surface area contributed by atoms with Gasteiger partial charge in [0.15, 0.2) is 0 Å². The van der Waals surface area contributed by atoms with Crippen molar-refractivity contribution in [1.82, 2.24) is 14.6 Å². The van der Waals surface area contributed by atoms with E-state index in [1.165, 1.54) is 18.3 Å². The smallest absolute Gasteiger partial charge is 0.258 e. The molecule has 7 nitrogen and oxygen atoms in total. The third-order valence-corrected chi connectivity index (χ3v) is 4.94. The fraction of sp³-hybridized carbons (Fsp3) is 0.100. The van der Waals surface area contributed by atoms with Crippen LogP contribution in [-0.4, -0.2) is 26.4 Å². The highest BCUT2D eigenvalue weighted by Crippen LogP contribution is 2.27. The maximum atomic E-state index is 12.4. The third-order valence-electron chi connectivity index (χ3n) is 4.12. The van der Waals surface area contributed by atoms with Gasteiger partial charge in [0.2, 0.25) is 10.9 Å². The van der Waals surface area contributed by atoms with E-state index in [1.807, 2.05) is 48.7 Å². The van der Waals surface area contributed by atoms with Crippen LogP contribution in [0, 0.1) is 6.92 Å². The highest BCUT2D eigenvalue weighted by atomic mass is 32.1. The van der Waals surface area contributed by atoms with Gasteiger partial charge >= 0.3 is 0 Å². The van der Waals surface area contributed by atoms with Crippen molar-refractivity contribution in [2.24, 2.45) is 0 Å². The lowest BCUT2D eigenvalue weighted by Gasteiger charge is -2.04. The van der Waals surface area contributed by atoms with Gasteiger partial charge in [-0.25, -0.2) is 4.52 Å². The summed E-state index contributed by atoms with van der Waals surface area (Å²) >= 11 is 1.44. The molecule has 0 radical (unpaired) electrons. The van der Waals surface area contributed by atoms with E-state index < -0.39 is 0 Å². The maximum Gasteiger partial charge on any atom is 0.258 e. The monoisotopic (exact) mass is 391 g/mol. The number of benzene rings is 2. The van der Waals surface area contributed by atoms with Gasteiger partial charge in [-0.2, -0.15) is 4.98 Å². The molecule has 0 atom stereocenters. The standard InChI is InChI=1S/C20H17N5O2S/c1-12-3-5-15(6-4-12)18(27)22-19-23-20-25(24-19)17(11-28-20)14-7-9-16(10-8-14)21-13(2)26/h3-11H,1-2H3,(H,21,26)(H,22,24,27). The first-order chi connectivity index (χ1) is 13.5. The van der Waals surface area contributed by atoms with Crippen LogP contribution in [0.25, 0.3) is 16.2 Å². The van der Waals surface area contributed by atoms with E-state index in [-0.39, 0.29) is 17.8 Å². The Bertz CT molecular complexity index is 1160. The minimum atomic E-state index is -0.250. The van der Waals surface area contributed by atoms with Gasteiger partial charge in [-0.1, -0.05) is 29.8 Å². The van der Waals surface area contributed by atoms with Crippen molar-refractivity contribution in [3.8, 4) is 11.3 Å². The van der Waals surface area contributed by atoms with Crippen molar-refractivity contribution in [3.05, 3.63) is 65.0 Å². The molecule has 2 aromatic carbocycles. The molecule has 0 unspecified atom stereocenters. The number of nitrogens with zero attached hydrogens (tertiary/aromatic N) is 3. The molecule has 28 heavy (non-hydrogen) atoms. The second-order valence-corrected chi connectivity index (χ2v) is 7.17. The second kappa shape index (κ2) is 7.24. The first-order valence-corrected chi connectivity index (χ1v) is 9.48. The van der Waals surface area contributed by atoms with Crippen LogP contribution in [0.15, 0.2) is 53.9 Å². The van der Waals surface area contributed by atoms with Crippen LogP contribution in [0.3, 0.4) is 0 Å². The van der Waals surface area contributed by atoms with Crippen LogP contribution >= 0.6 is 11.3 Å². The van der Waals surface area contributed by atoms with E-state index in [0.29, 0.717) is 10.5 Å². The molecule has 0 saturated heterocycles. The highest BCUT2D eigenvalue weighted by Gasteiger charge is 2.14. The molecular weight excluding hydrogens is 374 g/mol. The maximum absolute atomic E-state index is 12.4. The number of anilines is 2. The van der Waals surface area contributed by atoms with Crippen molar-refractivity contribution in [1.29, 1.82) is 0 Å². The Labute approximate surface area is 165 Å². The van der Waals surface area contributed by atoms with Gasteiger partial charge in [0.05, 0.1) is 5.69 Å². The molecule has 2 heterocycles. The van der Waals surface area contributed by atoms with E-state index in [4.69, 9.17) is 0 Å². The Hall–Kier alpha value is -3.52. The molecule has 2 amide bonds. The van der Waals surface area contributed by atoms with Gasteiger partial charge in [-0.3, -0.25) is 14.9 Å². The highest BCUT2D eigenvalue weighted by molar-refractivity contribution is 7.15. The fourth-order valence-corrected chi connectivity index (χ4v) is 3.57. The molecule has 8 heteroatoms. The topological polar surface area (TPSA) is 88.4 Å². The van der Waals surface area contributed by atoms with Gasteiger partial charge in [0.25, 0.3) is 11.9 Å². The zero-order chi connectivity index (χ0) is 19.7. The molecule has 2 aromatic heterocycles. The van der Waals surface area contributed by atoms with E-state index in [1.54, 1.807) is 16.6 Å². The van der Waals surface area contributed by atoms with Gasteiger partial charge < -0.3 is 5.32 Å². The molecule has 0 saturated carbocycles. The molecule has 0 bridgehead atoms. The summed E-state index contributed by atoms with van der Waals surface area (Å²) in [5.41, 5.74) is 4.16. The number of fused-ring (bicyclic) bond motifs is 1. The minimum Gasteiger partial charge on any atom is -0.326 e. The second-order valence-electron chi connectivity index (χ2n) is 6.33. The van der Waals surface area contributed by atoms with Gasteiger partial charge in [-0.05, 0) is 31.2 Å². The summed E-state index contributed by atoms with van der Waals surface area (Å²) in [4.78, 5) is 28.6. The predicted octanol–water partition coefficient (Wildman–Crippen LogP) is 3.98.